The van der Waals surface area contributed by atoms with E-state index in [4.69, 9.17) is 4.74 Å². The molecule has 2 nitrogen and oxygen atoms in total. The predicted molar refractivity (Wildman–Crippen MR) is 105 cm³/mol. The van der Waals surface area contributed by atoms with E-state index in [2.05, 4.69) is 59.4 Å². The summed E-state index contributed by atoms with van der Waals surface area (Å²) in [6.45, 7) is 16.7. The minimum absolute atomic E-state index is 0.209. The lowest BCUT2D eigenvalue weighted by molar-refractivity contribution is -0.142. The van der Waals surface area contributed by atoms with E-state index < -0.39 is 0 Å². The quantitative estimate of drug-likeness (QED) is 0.317. The molecule has 136 valence electrons. The van der Waals surface area contributed by atoms with Gasteiger partial charge in [0.2, 0.25) is 0 Å². The molecule has 0 aliphatic rings. The van der Waals surface area contributed by atoms with Crippen LogP contribution in [0.25, 0.3) is 0 Å². The first kappa shape index (κ1) is 22.4. The van der Waals surface area contributed by atoms with Crippen molar-refractivity contribution in [2.75, 3.05) is 6.61 Å². The minimum Gasteiger partial charge on any atom is -0.465 e. The van der Waals surface area contributed by atoms with Crippen molar-refractivity contribution in [1.82, 2.24) is 0 Å². The van der Waals surface area contributed by atoms with Gasteiger partial charge in [-0.05, 0) is 66.7 Å². The molecule has 0 spiro atoms. The van der Waals surface area contributed by atoms with Crippen LogP contribution in [0.3, 0.4) is 0 Å². The molecule has 0 radical (unpaired) electrons. The Balaban J connectivity index is 4.59. The summed E-state index contributed by atoms with van der Waals surface area (Å²) < 4.78 is 5.26. The van der Waals surface area contributed by atoms with Crippen LogP contribution in [0.15, 0.2) is 47.1 Å². The molecular formula is C22H36O2. The van der Waals surface area contributed by atoms with Crippen molar-refractivity contribution >= 4 is 5.97 Å². The Kier molecular flexibility index (Phi) is 12.0. The standard InChI is InChI=1S/C22H36O2/c1-17(2)10-8-12-19(5)14-15-22(16-24-21(7)23)20(6)13-9-11-18(3)4/h10-11,13,22H,5,8-9,12,14-16H2,1-4,6-7H3. The monoisotopic (exact) mass is 332 g/mol. The van der Waals surface area contributed by atoms with Gasteiger partial charge in [0.25, 0.3) is 0 Å². The van der Waals surface area contributed by atoms with Gasteiger partial charge in [-0.2, -0.15) is 0 Å². The number of rotatable bonds is 11. The molecule has 24 heavy (non-hydrogen) atoms. The number of allylic oxidation sites excluding steroid dienone is 6. The summed E-state index contributed by atoms with van der Waals surface area (Å²) in [5.74, 6) is 0.0687. The second-order valence-electron chi connectivity index (χ2n) is 7.07. The summed E-state index contributed by atoms with van der Waals surface area (Å²) in [6.07, 6.45) is 11.7. The van der Waals surface area contributed by atoms with Gasteiger partial charge in [0.1, 0.15) is 0 Å². The molecule has 1 unspecified atom stereocenters. The van der Waals surface area contributed by atoms with E-state index in [1.807, 2.05) is 0 Å². The Labute approximate surface area is 149 Å². The molecule has 0 saturated heterocycles. The van der Waals surface area contributed by atoms with Crippen LogP contribution in [-0.4, -0.2) is 12.6 Å². The topological polar surface area (TPSA) is 26.3 Å². The summed E-state index contributed by atoms with van der Waals surface area (Å²) in [5.41, 5.74) is 5.25. The lowest BCUT2D eigenvalue weighted by Gasteiger charge is -2.18. The molecule has 0 aromatic carbocycles. The highest BCUT2D eigenvalue weighted by molar-refractivity contribution is 5.65. The molecule has 0 amide bonds. The Hall–Kier alpha value is -1.57. The number of hydrogen-bond acceptors (Lipinski definition) is 2. The number of ether oxygens (including phenoxy) is 1. The average molecular weight is 333 g/mol. The van der Waals surface area contributed by atoms with Crippen molar-refractivity contribution in [3.63, 3.8) is 0 Å². The molecule has 0 fully saturated rings. The van der Waals surface area contributed by atoms with E-state index in [1.54, 1.807) is 0 Å². The first-order chi connectivity index (χ1) is 11.2. The molecule has 0 aliphatic heterocycles. The molecule has 0 aromatic rings. The summed E-state index contributed by atoms with van der Waals surface area (Å²) >= 11 is 0. The van der Waals surface area contributed by atoms with Crippen LogP contribution in [0.1, 0.15) is 73.6 Å². The van der Waals surface area contributed by atoms with Crippen LogP contribution >= 0.6 is 0 Å². The van der Waals surface area contributed by atoms with Gasteiger partial charge >= 0.3 is 5.97 Å². The second-order valence-corrected chi connectivity index (χ2v) is 7.07. The molecule has 0 aromatic heterocycles. The maximum absolute atomic E-state index is 11.1. The van der Waals surface area contributed by atoms with Crippen molar-refractivity contribution in [1.29, 1.82) is 0 Å². The smallest absolute Gasteiger partial charge is 0.302 e. The van der Waals surface area contributed by atoms with Gasteiger partial charge in [0, 0.05) is 12.8 Å². The van der Waals surface area contributed by atoms with Crippen molar-refractivity contribution < 1.29 is 9.53 Å². The molecule has 1 atom stereocenters. The van der Waals surface area contributed by atoms with Gasteiger partial charge in [-0.25, -0.2) is 0 Å². The Bertz CT molecular complexity index is 484. The van der Waals surface area contributed by atoms with Crippen LogP contribution in [-0.2, 0) is 9.53 Å². The number of carbonyl (C=O) groups excluding carboxylic acids is 1. The third-order valence-electron chi connectivity index (χ3n) is 3.99. The molecule has 0 rings (SSSR count). The molecule has 0 heterocycles. The number of hydrogen-bond donors (Lipinski definition) is 0. The summed E-state index contributed by atoms with van der Waals surface area (Å²) in [5, 5.41) is 0. The average Bonchev–Trinajstić information content (AvgIpc) is 2.45. The van der Waals surface area contributed by atoms with Crippen molar-refractivity contribution in [3.8, 4) is 0 Å². The van der Waals surface area contributed by atoms with Crippen LogP contribution in [0.5, 0.6) is 0 Å². The van der Waals surface area contributed by atoms with Gasteiger partial charge in [-0.15, -0.1) is 0 Å². The third kappa shape index (κ3) is 12.9. The van der Waals surface area contributed by atoms with Gasteiger partial charge in [-0.3, -0.25) is 4.79 Å². The highest BCUT2D eigenvalue weighted by Gasteiger charge is 2.13. The molecular weight excluding hydrogens is 296 g/mol. The zero-order chi connectivity index (χ0) is 18.5. The van der Waals surface area contributed by atoms with Crippen molar-refractivity contribution in [2.45, 2.75) is 73.6 Å². The Morgan fingerprint density at radius 2 is 1.58 bits per heavy atom. The van der Waals surface area contributed by atoms with Crippen LogP contribution in [0.4, 0.5) is 0 Å². The highest BCUT2D eigenvalue weighted by Crippen LogP contribution is 2.22. The normalized spacial score (nSPS) is 12.3. The van der Waals surface area contributed by atoms with Crippen LogP contribution < -0.4 is 0 Å². The lowest BCUT2D eigenvalue weighted by Crippen LogP contribution is -2.14. The zero-order valence-corrected chi connectivity index (χ0v) is 16.6. The van der Waals surface area contributed by atoms with Gasteiger partial charge in [-0.1, -0.05) is 47.1 Å². The Morgan fingerprint density at radius 3 is 2.12 bits per heavy atom. The fourth-order valence-corrected chi connectivity index (χ4v) is 2.38. The first-order valence-corrected chi connectivity index (χ1v) is 8.95. The Morgan fingerprint density at radius 1 is 0.958 bits per heavy atom. The largest absolute Gasteiger partial charge is 0.465 e. The third-order valence-corrected chi connectivity index (χ3v) is 3.99. The predicted octanol–water partition coefficient (Wildman–Crippen LogP) is 6.55. The van der Waals surface area contributed by atoms with E-state index in [0.717, 1.165) is 32.1 Å². The van der Waals surface area contributed by atoms with E-state index >= 15 is 0 Å². The van der Waals surface area contributed by atoms with E-state index in [1.165, 1.54) is 29.2 Å². The molecule has 0 saturated carbocycles. The van der Waals surface area contributed by atoms with E-state index in [0.29, 0.717) is 6.61 Å². The van der Waals surface area contributed by atoms with Crippen molar-refractivity contribution in [3.05, 3.63) is 47.1 Å². The molecule has 0 N–H and O–H groups in total. The fourth-order valence-electron chi connectivity index (χ4n) is 2.38. The zero-order valence-electron chi connectivity index (χ0n) is 16.6. The molecule has 2 heteroatoms. The van der Waals surface area contributed by atoms with Crippen LogP contribution in [0, 0.1) is 5.92 Å². The van der Waals surface area contributed by atoms with Crippen molar-refractivity contribution in [2.24, 2.45) is 5.92 Å². The molecule has 0 aliphatic carbocycles. The van der Waals surface area contributed by atoms with E-state index in [9.17, 15) is 4.79 Å². The minimum atomic E-state index is -0.209. The highest BCUT2D eigenvalue weighted by atomic mass is 16.5. The van der Waals surface area contributed by atoms with E-state index in [-0.39, 0.29) is 11.9 Å². The number of esters is 1. The summed E-state index contributed by atoms with van der Waals surface area (Å²) in [7, 11) is 0. The first-order valence-electron chi connectivity index (χ1n) is 8.95. The molecule has 0 bridgehead atoms. The lowest BCUT2D eigenvalue weighted by atomic mass is 9.92. The summed E-state index contributed by atoms with van der Waals surface area (Å²) in [4.78, 5) is 11.1. The summed E-state index contributed by atoms with van der Waals surface area (Å²) in [6, 6.07) is 0. The fraction of sp³-hybridized carbons (Fsp3) is 0.591. The second kappa shape index (κ2) is 12.8. The number of carbonyl (C=O) groups is 1. The SMILES string of the molecule is C=C(CCC=C(C)C)CCC(COC(C)=O)C(C)=CCC=C(C)C. The maximum atomic E-state index is 11.1. The van der Waals surface area contributed by atoms with Gasteiger partial charge in [0.05, 0.1) is 6.61 Å². The van der Waals surface area contributed by atoms with Gasteiger partial charge in [0.15, 0.2) is 0 Å². The maximum Gasteiger partial charge on any atom is 0.302 e. The van der Waals surface area contributed by atoms with Crippen LogP contribution in [0.2, 0.25) is 0 Å². The van der Waals surface area contributed by atoms with Gasteiger partial charge < -0.3 is 4.74 Å².